The van der Waals surface area contributed by atoms with Crippen LogP contribution >= 0.6 is 0 Å². The van der Waals surface area contributed by atoms with Crippen molar-refractivity contribution in [3.05, 3.63) is 37.4 Å². The summed E-state index contributed by atoms with van der Waals surface area (Å²) in [6, 6.07) is 0. The maximum absolute atomic E-state index is 2.33. The fourth-order valence-corrected chi connectivity index (χ4v) is 3.43. The number of nitrogens with zero attached hydrogens (tertiary/aromatic N) is 4. The van der Waals surface area contributed by atoms with E-state index in [1.54, 1.807) is 0 Å². The molecule has 0 spiro atoms. The molecule has 0 radical (unpaired) electrons. The monoisotopic (exact) mass is 360 g/mol. The van der Waals surface area contributed by atoms with E-state index in [1.165, 1.54) is 64.2 Å². The third-order valence-electron chi connectivity index (χ3n) is 5.15. The highest BCUT2D eigenvalue weighted by molar-refractivity contribution is 4.70. The van der Waals surface area contributed by atoms with E-state index in [-0.39, 0.29) is 0 Å². The molecule has 2 rings (SSSR count). The van der Waals surface area contributed by atoms with E-state index >= 15 is 0 Å². The first-order valence-corrected chi connectivity index (χ1v) is 10.9. The van der Waals surface area contributed by atoms with E-state index in [9.17, 15) is 0 Å². The molecule has 0 bridgehead atoms. The van der Waals surface area contributed by atoms with Crippen LogP contribution in [0.15, 0.2) is 37.4 Å². The molecule has 2 aromatic heterocycles. The molecule has 0 saturated heterocycles. The van der Waals surface area contributed by atoms with Gasteiger partial charge in [-0.15, -0.1) is 0 Å². The molecule has 2 aromatic rings. The lowest BCUT2D eigenvalue weighted by Gasteiger charge is -1.98. The molecule has 2 heterocycles. The van der Waals surface area contributed by atoms with Crippen LogP contribution in [0, 0.1) is 0 Å². The van der Waals surface area contributed by atoms with Crippen molar-refractivity contribution in [1.82, 2.24) is 9.13 Å². The summed E-state index contributed by atoms with van der Waals surface area (Å²) in [5.41, 5.74) is 0. The van der Waals surface area contributed by atoms with E-state index < -0.39 is 0 Å². The van der Waals surface area contributed by atoms with E-state index in [0.29, 0.717) is 0 Å². The summed E-state index contributed by atoms with van der Waals surface area (Å²) in [4.78, 5) is 0. The van der Waals surface area contributed by atoms with Gasteiger partial charge in [-0.25, -0.2) is 18.3 Å². The summed E-state index contributed by atoms with van der Waals surface area (Å²) in [5.74, 6) is 0. The van der Waals surface area contributed by atoms with Crippen molar-refractivity contribution < 1.29 is 9.13 Å². The maximum Gasteiger partial charge on any atom is 0.243 e. The Labute approximate surface area is 160 Å². The molecule has 0 N–H and O–H groups in total. The molecular formula is C22H40N4+2. The lowest BCUT2D eigenvalue weighted by molar-refractivity contribution is -0.697. The van der Waals surface area contributed by atoms with Gasteiger partial charge in [0, 0.05) is 0 Å². The highest BCUT2D eigenvalue weighted by atomic mass is 15.2. The Morgan fingerprint density at radius 3 is 1.42 bits per heavy atom. The summed E-state index contributed by atoms with van der Waals surface area (Å²) in [7, 11) is 0. The normalized spacial score (nSPS) is 11.3. The predicted molar refractivity (Wildman–Crippen MR) is 107 cm³/mol. The predicted octanol–water partition coefficient (Wildman–Crippen LogP) is 4.51. The molecule has 0 aliphatic carbocycles. The molecule has 0 saturated carbocycles. The van der Waals surface area contributed by atoms with Gasteiger partial charge in [-0.3, -0.25) is 0 Å². The first-order valence-electron chi connectivity index (χ1n) is 10.9. The molecule has 0 fully saturated rings. The Morgan fingerprint density at radius 2 is 1.00 bits per heavy atom. The number of aromatic nitrogens is 4. The summed E-state index contributed by atoms with van der Waals surface area (Å²) >= 11 is 0. The second-order valence-corrected chi connectivity index (χ2v) is 7.61. The Morgan fingerprint density at radius 1 is 0.577 bits per heavy atom. The Kier molecular flexibility index (Phi) is 10.1. The molecule has 4 nitrogen and oxygen atoms in total. The number of rotatable bonds is 15. The van der Waals surface area contributed by atoms with Crippen molar-refractivity contribution in [1.29, 1.82) is 0 Å². The quantitative estimate of drug-likeness (QED) is 0.329. The molecule has 4 heteroatoms. The van der Waals surface area contributed by atoms with E-state index in [1.807, 2.05) is 0 Å². The zero-order chi connectivity index (χ0) is 18.5. The highest BCUT2D eigenvalue weighted by Crippen LogP contribution is 2.03. The molecule has 26 heavy (non-hydrogen) atoms. The second-order valence-electron chi connectivity index (χ2n) is 7.61. The van der Waals surface area contributed by atoms with Gasteiger partial charge in [0.2, 0.25) is 12.7 Å². The van der Waals surface area contributed by atoms with Crippen LogP contribution in [-0.2, 0) is 26.2 Å². The Hall–Kier alpha value is -1.58. The van der Waals surface area contributed by atoms with Crippen LogP contribution in [-0.4, -0.2) is 9.13 Å². The summed E-state index contributed by atoms with van der Waals surface area (Å²) < 4.78 is 9.28. The van der Waals surface area contributed by atoms with E-state index in [0.717, 1.165) is 26.2 Å². The van der Waals surface area contributed by atoms with Crippen LogP contribution in [0.4, 0.5) is 0 Å². The van der Waals surface area contributed by atoms with Gasteiger partial charge in [0.1, 0.15) is 37.9 Å². The minimum Gasteiger partial charge on any atom is -0.237 e. The van der Waals surface area contributed by atoms with Crippen molar-refractivity contribution in [3.8, 4) is 0 Å². The third kappa shape index (κ3) is 8.20. The summed E-state index contributed by atoms with van der Waals surface area (Å²) in [6.45, 7) is 8.92. The van der Waals surface area contributed by atoms with E-state index in [2.05, 4.69) is 69.6 Å². The number of aryl methyl sites for hydroxylation is 4. The van der Waals surface area contributed by atoms with Crippen molar-refractivity contribution in [3.63, 3.8) is 0 Å². The molecule has 0 unspecified atom stereocenters. The van der Waals surface area contributed by atoms with Gasteiger partial charge in [0.05, 0.1) is 13.1 Å². The topological polar surface area (TPSA) is 17.6 Å². The van der Waals surface area contributed by atoms with Gasteiger partial charge < -0.3 is 0 Å². The smallest absolute Gasteiger partial charge is 0.237 e. The number of hydrogen-bond donors (Lipinski definition) is 0. The lowest BCUT2D eigenvalue weighted by atomic mass is 10.1. The molecular weight excluding hydrogens is 320 g/mol. The molecule has 0 aliphatic rings. The Balaban J connectivity index is 1.63. The van der Waals surface area contributed by atoms with Crippen molar-refractivity contribution in [2.45, 2.75) is 104 Å². The Bertz CT molecular complexity index is 532. The maximum atomic E-state index is 2.33. The first-order chi connectivity index (χ1) is 12.8. The van der Waals surface area contributed by atoms with Gasteiger partial charge in [0.15, 0.2) is 0 Å². The average Bonchev–Trinajstić information content (AvgIpc) is 3.29. The van der Waals surface area contributed by atoms with Gasteiger partial charge in [-0.1, -0.05) is 52.4 Å². The van der Waals surface area contributed by atoms with Gasteiger partial charge in [0.25, 0.3) is 0 Å². The van der Waals surface area contributed by atoms with Crippen LogP contribution in [0.1, 0.15) is 78.1 Å². The summed E-state index contributed by atoms with van der Waals surface area (Å²) in [6.07, 6.45) is 26.8. The lowest BCUT2D eigenvalue weighted by Crippen LogP contribution is -2.31. The number of imidazole rings is 2. The fraction of sp³-hybridized carbons (Fsp3) is 0.727. The van der Waals surface area contributed by atoms with Crippen LogP contribution in [0.25, 0.3) is 0 Å². The van der Waals surface area contributed by atoms with Crippen LogP contribution in [0.3, 0.4) is 0 Å². The number of hydrogen-bond acceptors (Lipinski definition) is 0. The average molecular weight is 361 g/mol. The second kappa shape index (κ2) is 12.7. The third-order valence-corrected chi connectivity index (χ3v) is 5.15. The van der Waals surface area contributed by atoms with Gasteiger partial charge in [-0.05, 0) is 25.7 Å². The van der Waals surface area contributed by atoms with E-state index in [4.69, 9.17) is 0 Å². The zero-order valence-corrected chi connectivity index (χ0v) is 17.2. The molecule has 0 amide bonds. The van der Waals surface area contributed by atoms with Gasteiger partial charge in [-0.2, -0.15) is 0 Å². The fourth-order valence-electron chi connectivity index (χ4n) is 3.43. The SMILES string of the molecule is CCCCCCC[n+]1ccn(CCn2cc[n+](CCCCCCC)c2)c1. The minimum absolute atomic E-state index is 1.04. The first kappa shape index (κ1) is 20.7. The van der Waals surface area contributed by atoms with Crippen molar-refractivity contribution in [2.24, 2.45) is 0 Å². The van der Waals surface area contributed by atoms with Crippen LogP contribution in [0.2, 0.25) is 0 Å². The largest absolute Gasteiger partial charge is 0.243 e. The van der Waals surface area contributed by atoms with Crippen molar-refractivity contribution in [2.75, 3.05) is 0 Å². The van der Waals surface area contributed by atoms with Crippen LogP contribution in [0.5, 0.6) is 0 Å². The molecule has 0 atom stereocenters. The number of unbranched alkanes of at least 4 members (excludes halogenated alkanes) is 8. The zero-order valence-electron chi connectivity index (χ0n) is 17.2. The minimum atomic E-state index is 1.04. The van der Waals surface area contributed by atoms with Gasteiger partial charge >= 0.3 is 0 Å². The van der Waals surface area contributed by atoms with Crippen LogP contribution < -0.4 is 9.13 Å². The molecule has 146 valence electrons. The highest BCUT2D eigenvalue weighted by Gasteiger charge is 2.07. The summed E-state index contributed by atoms with van der Waals surface area (Å²) in [5, 5.41) is 0. The molecule has 0 aromatic carbocycles. The molecule has 0 aliphatic heterocycles. The standard InChI is InChI=1S/C22H40N4/c1-3-5-7-9-11-13-23-15-17-25(21-23)19-20-26-18-16-24(22-26)14-12-10-8-6-4-2/h15-18,21-22H,3-14,19-20H2,1-2H3/q+2. The van der Waals surface area contributed by atoms with Crippen molar-refractivity contribution >= 4 is 0 Å².